The molecule has 142 valence electrons. The van der Waals surface area contributed by atoms with Crippen LogP contribution in [-0.2, 0) is 6.54 Å². The summed E-state index contributed by atoms with van der Waals surface area (Å²) in [5.41, 5.74) is 4.17. The van der Waals surface area contributed by atoms with E-state index < -0.39 is 0 Å². The Bertz CT molecular complexity index is 1030. The molecule has 0 aliphatic rings. The summed E-state index contributed by atoms with van der Waals surface area (Å²) in [6, 6.07) is 16.2. The van der Waals surface area contributed by atoms with Gasteiger partial charge >= 0.3 is 0 Å². The molecule has 0 saturated carbocycles. The Labute approximate surface area is 168 Å². The molecule has 0 spiro atoms. The normalized spacial score (nSPS) is 10.4. The number of carbonyl (C=O) groups excluding carboxylic acids is 2. The maximum atomic E-state index is 12.6. The van der Waals surface area contributed by atoms with Crippen molar-refractivity contribution >= 4 is 29.1 Å². The van der Waals surface area contributed by atoms with E-state index in [2.05, 4.69) is 15.6 Å². The fourth-order valence-electron chi connectivity index (χ4n) is 2.71. The van der Waals surface area contributed by atoms with Crippen LogP contribution in [0, 0.1) is 13.8 Å². The lowest BCUT2D eigenvalue weighted by Crippen LogP contribution is -2.24. The maximum Gasteiger partial charge on any atom is 0.270 e. The summed E-state index contributed by atoms with van der Waals surface area (Å²) in [6.07, 6.45) is 1.45. The second-order valence-electron chi connectivity index (χ2n) is 6.51. The van der Waals surface area contributed by atoms with E-state index in [9.17, 15) is 9.59 Å². The quantitative estimate of drug-likeness (QED) is 0.668. The molecule has 5 nitrogen and oxygen atoms in total. The van der Waals surface area contributed by atoms with Crippen LogP contribution in [0.3, 0.4) is 0 Å². The zero-order chi connectivity index (χ0) is 20.1. The van der Waals surface area contributed by atoms with Gasteiger partial charge < -0.3 is 10.6 Å². The van der Waals surface area contributed by atoms with E-state index >= 15 is 0 Å². The summed E-state index contributed by atoms with van der Waals surface area (Å²) in [7, 11) is 0. The molecule has 0 atom stereocenters. The van der Waals surface area contributed by atoms with Crippen LogP contribution in [-0.4, -0.2) is 16.8 Å². The molecule has 28 heavy (non-hydrogen) atoms. The van der Waals surface area contributed by atoms with Gasteiger partial charge in [-0.25, -0.2) is 0 Å². The highest BCUT2D eigenvalue weighted by atomic mass is 35.5. The van der Waals surface area contributed by atoms with Crippen molar-refractivity contribution in [2.45, 2.75) is 20.4 Å². The first-order valence-corrected chi connectivity index (χ1v) is 9.17. The number of hydrogen-bond acceptors (Lipinski definition) is 3. The molecular weight excluding hydrogens is 374 g/mol. The molecule has 2 N–H and O–H groups in total. The first kappa shape index (κ1) is 19.6. The van der Waals surface area contributed by atoms with Gasteiger partial charge in [-0.3, -0.25) is 14.6 Å². The van der Waals surface area contributed by atoms with Gasteiger partial charge in [-0.15, -0.1) is 0 Å². The van der Waals surface area contributed by atoms with E-state index in [0.717, 1.165) is 16.7 Å². The number of aryl methyl sites for hydroxylation is 2. The van der Waals surface area contributed by atoms with Crippen molar-refractivity contribution < 1.29 is 9.59 Å². The third-order valence-electron chi connectivity index (χ3n) is 4.24. The van der Waals surface area contributed by atoms with E-state index in [1.54, 1.807) is 18.2 Å². The Morgan fingerprint density at radius 2 is 1.82 bits per heavy atom. The molecule has 6 heteroatoms. The van der Waals surface area contributed by atoms with Crippen LogP contribution in [0.25, 0.3) is 0 Å². The van der Waals surface area contributed by atoms with Crippen molar-refractivity contribution in [2.24, 2.45) is 0 Å². The molecule has 2 amide bonds. The van der Waals surface area contributed by atoms with Gasteiger partial charge in [0.05, 0.1) is 0 Å². The van der Waals surface area contributed by atoms with Crippen LogP contribution in [0.2, 0.25) is 5.02 Å². The lowest BCUT2D eigenvalue weighted by molar-refractivity contribution is 0.0946. The Kier molecular flexibility index (Phi) is 6.06. The van der Waals surface area contributed by atoms with Crippen molar-refractivity contribution in [3.05, 3.63) is 93.8 Å². The highest BCUT2D eigenvalue weighted by Crippen LogP contribution is 2.21. The topological polar surface area (TPSA) is 71.1 Å². The molecule has 0 unspecified atom stereocenters. The molecule has 0 aliphatic carbocycles. The lowest BCUT2D eigenvalue weighted by Gasteiger charge is -2.10. The number of nitrogens with one attached hydrogen (secondary N) is 2. The third-order valence-corrected chi connectivity index (χ3v) is 4.47. The number of amides is 2. The number of carbonyl (C=O) groups is 2. The number of halogens is 1. The standard InChI is InChI=1S/C22H20ClN3O2/c1-14-4-3-5-16(10-14)13-25-22(28)20-11-17(8-9-24-20)21(27)26-19-12-18(23)7-6-15(19)2/h3-12H,13H2,1-2H3,(H,25,28)(H,26,27). The smallest absolute Gasteiger partial charge is 0.270 e. The summed E-state index contributed by atoms with van der Waals surface area (Å²) in [5.74, 6) is -0.671. The van der Waals surface area contributed by atoms with E-state index in [-0.39, 0.29) is 17.5 Å². The third kappa shape index (κ3) is 4.96. The predicted molar refractivity (Wildman–Crippen MR) is 111 cm³/mol. The molecule has 3 aromatic rings. The summed E-state index contributed by atoms with van der Waals surface area (Å²) in [6.45, 7) is 4.26. The molecule has 0 aliphatic heterocycles. The zero-order valence-corrected chi connectivity index (χ0v) is 16.4. The average molecular weight is 394 g/mol. The van der Waals surface area contributed by atoms with Crippen LogP contribution >= 0.6 is 11.6 Å². The first-order chi connectivity index (χ1) is 13.4. The van der Waals surface area contributed by atoms with E-state index in [4.69, 9.17) is 11.6 Å². The van der Waals surface area contributed by atoms with Crippen molar-refractivity contribution in [1.29, 1.82) is 0 Å². The van der Waals surface area contributed by atoms with Crippen molar-refractivity contribution in [2.75, 3.05) is 5.32 Å². The summed E-state index contributed by atoms with van der Waals surface area (Å²) in [4.78, 5) is 29.0. The second kappa shape index (κ2) is 8.67. The van der Waals surface area contributed by atoms with Crippen LogP contribution in [0.1, 0.15) is 37.5 Å². The van der Waals surface area contributed by atoms with E-state index in [1.807, 2.05) is 44.2 Å². The summed E-state index contributed by atoms with van der Waals surface area (Å²) < 4.78 is 0. The molecular formula is C22H20ClN3O2. The minimum atomic E-state index is -0.338. The van der Waals surface area contributed by atoms with Crippen LogP contribution in [0.4, 0.5) is 5.69 Å². The average Bonchev–Trinajstić information content (AvgIpc) is 2.69. The number of pyridine rings is 1. The van der Waals surface area contributed by atoms with Gasteiger partial charge in [0.2, 0.25) is 0 Å². The van der Waals surface area contributed by atoms with Gasteiger partial charge in [0.15, 0.2) is 0 Å². The van der Waals surface area contributed by atoms with Crippen molar-refractivity contribution in [3.8, 4) is 0 Å². The van der Waals surface area contributed by atoms with Gasteiger partial charge in [-0.1, -0.05) is 47.5 Å². The second-order valence-corrected chi connectivity index (χ2v) is 6.95. The molecule has 0 radical (unpaired) electrons. The molecule has 0 fully saturated rings. The molecule has 1 aromatic heterocycles. The first-order valence-electron chi connectivity index (χ1n) is 8.79. The lowest BCUT2D eigenvalue weighted by atomic mass is 10.1. The number of anilines is 1. The van der Waals surface area contributed by atoms with Crippen LogP contribution < -0.4 is 10.6 Å². The van der Waals surface area contributed by atoms with Gasteiger partial charge in [0.1, 0.15) is 5.69 Å². The zero-order valence-electron chi connectivity index (χ0n) is 15.6. The number of aromatic nitrogens is 1. The van der Waals surface area contributed by atoms with Crippen LogP contribution in [0.5, 0.6) is 0 Å². The number of hydrogen-bond donors (Lipinski definition) is 2. The van der Waals surface area contributed by atoms with Crippen molar-refractivity contribution in [3.63, 3.8) is 0 Å². The van der Waals surface area contributed by atoms with Crippen molar-refractivity contribution in [1.82, 2.24) is 10.3 Å². The molecule has 0 saturated heterocycles. The number of nitrogens with zero attached hydrogens (tertiary/aromatic N) is 1. The number of benzene rings is 2. The molecule has 3 rings (SSSR count). The van der Waals surface area contributed by atoms with Gasteiger partial charge in [-0.2, -0.15) is 0 Å². The van der Waals surface area contributed by atoms with E-state index in [1.165, 1.54) is 12.3 Å². The minimum Gasteiger partial charge on any atom is -0.347 e. The Morgan fingerprint density at radius 1 is 1.00 bits per heavy atom. The molecule has 0 bridgehead atoms. The Morgan fingerprint density at radius 3 is 2.61 bits per heavy atom. The van der Waals surface area contributed by atoms with E-state index in [0.29, 0.717) is 22.8 Å². The Balaban J connectivity index is 1.69. The summed E-state index contributed by atoms with van der Waals surface area (Å²) >= 11 is 5.99. The SMILES string of the molecule is Cc1cccc(CNC(=O)c2cc(C(=O)Nc3cc(Cl)ccc3C)ccn2)c1. The predicted octanol–water partition coefficient (Wildman–Crippen LogP) is 4.53. The largest absolute Gasteiger partial charge is 0.347 e. The fraction of sp³-hybridized carbons (Fsp3) is 0.136. The highest BCUT2D eigenvalue weighted by Gasteiger charge is 2.13. The Hall–Kier alpha value is -3.18. The number of rotatable bonds is 5. The fourth-order valence-corrected chi connectivity index (χ4v) is 2.89. The molecule has 2 aromatic carbocycles. The highest BCUT2D eigenvalue weighted by molar-refractivity contribution is 6.31. The minimum absolute atomic E-state index is 0.183. The van der Waals surface area contributed by atoms with Gasteiger partial charge in [-0.05, 0) is 49.2 Å². The summed E-state index contributed by atoms with van der Waals surface area (Å²) in [5, 5.41) is 6.17. The van der Waals surface area contributed by atoms with Gasteiger partial charge in [0, 0.05) is 29.0 Å². The maximum absolute atomic E-state index is 12.6. The molecule has 1 heterocycles. The van der Waals surface area contributed by atoms with Crippen LogP contribution in [0.15, 0.2) is 60.8 Å². The van der Waals surface area contributed by atoms with Gasteiger partial charge in [0.25, 0.3) is 11.8 Å². The monoisotopic (exact) mass is 393 g/mol.